The number of methoxy groups -OCH3 is 1. The van der Waals surface area contributed by atoms with Gasteiger partial charge in [0.25, 0.3) is 5.56 Å². The van der Waals surface area contributed by atoms with E-state index in [1.165, 1.54) is 11.3 Å². The summed E-state index contributed by atoms with van der Waals surface area (Å²) in [6.45, 7) is 4.13. The molecule has 0 bridgehead atoms. The zero-order valence-corrected chi connectivity index (χ0v) is 18.1. The number of anilines is 1. The van der Waals surface area contributed by atoms with Crippen LogP contribution in [-0.2, 0) is 11.3 Å². The van der Waals surface area contributed by atoms with Crippen LogP contribution in [0.1, 0.15) is 5.69 Å². The van der Waals surface area contributed by atoms with Gasteiger partial charge in [0.05, 0.1) is 24.4 Å². The van der Waals surface area contributed by atoms with Gasteiger partial charge in [0, 0.05) is 56.1 Å². The van der Waals surface area contributed by atoms with E-state index in [1.807, 2.05) is 5.38 Å². The molecule has 1 aliphatic rings. The van der Waals surface area contributed by atoms with Crippen molar-refractivity contribution in [3.63, 3.8) is 0 Å². The molecule has 3 heterocycles. The van der Waals surface area contributed by atoms with Gasteiger partial charge >= 0.3 is 0 Å². The molecule has 1 amide bonds. The first kappa shape index (κ1) is 20.8. The highest BCUT2D eigenvalue weighted by Gasteiger charge is 2.20. The van der Waals surface area contributed by atoms with Crippen molar-refractivity contribution < 1.29 is 9.53 Å². The predicted molar refractivity (Wildman–Crippen MR) is 118 cm³/mol. The Labute approximate surface area is 182 Å². The van der Waals surface area contributed by atoms with Crippen LogP contribution in [-0.4, -0.2) is 64.9 Å². The van der Waals surface area contributed by atoms with Crippen molar-refractivity contribution in [2.75, 3.05) is 45.2 Å². The molecular formula is C20H22ClN5O3S. The minimum Gasteiger partial charge on any atom is -0.495 e. The van der Waals surface area contributed by atoms with Crippen LogP contribution >= 0.6 is 22.9 Å². The fourth-order valence-electron chi connectivity index (χ4n) is 3.45. The molecule has 10 heteroatoms. The average molecular weight is 448 g/mol. The lowest BCUT2D eigenvalue weighted by Gasteiger charge is -2.34. The Hall–Kier alpha value is -2.46. The van der Waals surface area contributed by atoms with Gasteiger partial charge in [-0.2, -0.15) is 0 Å². The molecule has 0 aliphatic carbocycles. The second-order valence-corrected chi connectivity index (χ2v) is 8.37. The maximum Gasteiger partial charge on any atom is 0.258 e. The summed E-state index contributed by atoms with van der Waals surface area (Å²) in [7, 11) is 1.55. The van der Waals surface area contributed by atoms with E-state index in [-0.39, 0.29) is 11.5 Å². The minimum absolute atomic E-state index is 0.0507. The Bertz CT molecular complexity index is 1110. The number of carbonyl (C=O) groups excluding carboxylic acids is 1. The van der Waals surface area contributed by atoms with Gasteiger partial charge in [0.1, 0.15) is 5.75 Å². The van der Waals surface area contributed by atoms with E-state index < -0.39 is 0 Å². The van der Waals surface area contributed by atoms with Crippen molar-refractivity contribution in [1.82, 2.24) is 19.2 Å². The number of carbonyl (C=O) groups is 1. The fraction of sp³-hybridized carbons (Fsp3) is 0.350. The monoisotopic (exact) mass is 447 g/mol. The van der Waals surface area contributed by atoms with Gasteiger partial charge in [-0.25, -0.2) is 4.98 Å². The Morgan fingerprint density at radius 1 is 1.23 bits per heavy atom. The number of amides is 1. The lowest BCUT2D eigenvalue weighted by Crippen LogP contribution is -2.48. The molecule has 158 valence electrons. The Kier molecular flexibility index (Phi) is 6.33. The Morgan fingerprint density at radius 3 is 2.73 bits per heavy atom. The molecule has 3 aromatic rings. The van der Waals surface area contributed by atoms with Crippen molar-refractivity contribution in [1.29, 1.82) is 0 Å². The van der Waals surface area contributed by atoms with E-state index in [1.54, 1.807) is 42.0 Å². The fourth-order valence-corrected chi connectivity index (χ4v) is 4.45. The number of fused-ring (bicyclic) bond motifs is 1. The third kappa shape index (κ3) is 4.81. The van der Waals surface area contributed by atoms with Crippen LogP contribution in [0.2, 0.25) is 5.02 Å². The molecule has 1 fully saturated rings. The van der Waals surface area contributed by atoms with Gasteiger partial charge in [0.2, 0.25) is 5.91 Å². The van der Waals surface area contributed by atoms with Gasteiger partial charge in [0.15, 0.2) is 4.96 Å². The normalized spacial score (nSPS) is 15.4. The van der Waals surface area contributed by atoms with E-state index in [0.717, 1.165) is 31.9 Å². The molecule has 30 heavy (non-hydrogen) atoms. The summed E-state index contributed by atoms with van der Waals surface area (Å²) in [5, 5.41) is 5.19. The highest BCUT2D eigenvalue weighted by Crippen LogP contribution is 2.27. The number of thiazole rings is 1. The zero-order chi connectivity index (χ0) is 21.1. The second kappa shape index (κ2) is 9.13. The number of nitrogens with one attached hydrogen (secondary N) is 1. The first-order valence-electron chi connectivity index (χ1n) is 9.56. The van der Waals surface area contributed by atoms with Crippen LogP contribution < -0.4 is 15.6 Å². The summed E-state index contributed by atoms with van der Waals surface area (Å²) >= 11 is 7.56. The molecule has 0 spiro atoms. The van der Waals surface area contributed by atoms with Crippen molar-refractivity contribution >= 4 is 39.5 Å². The number of ether oxygens (including phenoxy) is 1. The van der Waals surface area contributed by atoms with E-state index >= 15 is 0 Å². The van der Waals surface area contributed by atoms with Crippen LogP contribution in [0.3, 0.4) is 0 Å². The van der Waals surface area contributed by atoms with Gasteiger partial charge in [-0.1, -0.05) is 11.6 Å². The van der Waals surface area contributed by atoms with E-state index in [4.69, 9.17) is 16.3 Å². The third-order valence-corrected chi connectivity index (χ3v) is 6.06. The maximum absolute atomic E-state index is 12.4. The number of aromatic nitrogens is 2. The molecule has 1 N–H and O–H groups in total. The van der Waals surface area contributed by atoms with Crippen LogP contribution in [0.25, 0.3) is 4.96 Å². The number of hydrogen-bond acceptors (Lipinski definition) is 7. The average Bonchev–Trinajstić information content (AvgIpc) is 3.19. The number of halogens is 1. The predicted octanol–water partition coefficient (Wildman–Crippen LogP) is 2.17. The molecule has 8 nitrogen and oxygen atoms in total. The maximum atomic E-state index is 12.4. The smallest absolute Gasteiger partial charge is 0.258 e. The van der Waals surface area contributed by atoms with E-state index in [2.05, 4.69) is 20.1 Å². The first-order valence-corrected chi connectivity index (χ1v) is 10.8. The van der Waals surface area contributed by atoms with Crippen molar-refractivity contribution in [2.45, 2.75) is 6.54 Å². The molecule has 1 aromatic carbocycles. The molecular weight excluding hydrogens is 426 g/mol. The van der Waals surface area contributed by atoms with Crippen molar-refractivity contribution in [2.24, 2.45) is 0 Å². The largest absolute Gasteiger partial charge is 0.495 e. The highest BCUT2D eigenvalue weighted by atomic mass is 35.5. The summed E-state index contributed by atoms with van der Waals surface area (Å²) in [4.78, 5) is 34.1. The number of nitrogens with zero attached hydrogens (tertiary/aromatic N) is 4. The van der Waals surface area contributed by atoms with Gasteiger partial charge < -0.3 is 10.1 Å². The number of benzene rings is 1. The standard InChI is InChI=1S/C20H22ClN5O3S/c1-29-17-3-2-14(10-16(17)21)22-18(27)13-25-6-4-24(5-7-25)12-15-11-19(28)26-8-9-30-20(26)23-15/h2-3,8-11H,4-7,12-13H2,1H3,(H,22,27). The quantitative estimate of drug-likeness (QED) is 0.624. The number of piperazine rings is 1. The third-order valence-electron chi connectivity index (χ3n) is 5.01. The summed E-state index contributed by atoms with van der Waals surface area (Å²) < 4.78 is 6.68. The SMILES string of the molecule is COc1ccc(NC(=O)CN2CCN(Cc3cc(=O)n4ccsc4n3)CC2)cc1Cl. The van der Waals surface area contributed by atoms with Crippen LogP contribution in [0.15, 0.2) is 40.6 Å². The van der Waals surface area contributed by atoms with Crippen LogP contribution in [0.5, 0.6) is 5.75 Å². The van der Waals surface area contributed by atoms with Crippen molar-refractivity contribution in [3.8, 4) is 5.75 Å². The second-order valence-electron chi connectivity index (χ2n) is 7.09. The molecule has 4 rings (SSSR count). The molecule has 1 saturated heterocycles. The van der Waals surface area contributed by atoms with Crippen LogP contribution in [0.4, 0.5) is 5.69 Å². The zero-order valence-electron chi connectivity index (χ0n) is 16.5. The molecule has 1 aliphatic heterocycles. The minimum atomic E-state index is -0.0810. The first-order chi connectivity index (χ1) is 14.5. The highest BCUT2D eigenvalue weighted by molar-refractivity contribution is 7.15. The topological polar surface area (TPSA) is 79.2 Å². The van der Waals surface area contributed by atoms with Gasteiger partial charge in [-0.05, 0) is 18.2 Å². The number of hydrogen-bond donors (Lipinski definition) is 1. The van der Waals surface area contributed by atoms with E-state index in [9.17, 15) is 9.59 Å². The Morgan fingerprint density at radius 2 is 2.00 bits per heavy atom. The summed E-state index contributed by atoms with van der Waals surface area (Å²) in [5.41, 5.74) is 1.38. The lowest BCUT2D eigenvalue weighted by molar-refractivity contribution is -0.117. The van der Waals surface area contributed by atoms with Gasteiger partial charge in [-0.15, -0.1) is 11.3 Å². The summed E-state index contributed by atoms with van der Waals surface area (Å²) in [6, 6.07) is 6.76. The lowest BCUT2D eigenvalue weighted by atomic mass is 10.2. The molecule has 0 saturated carbocycles. The summed E-state index contributed by atoms with van der Waals surface area (Å²) in [6.07, 6.45) is 1.74. The Balaban J connectivity index is 1.27. The molecule has 0 unspecified atom stereocenters. The van der Waals surface area contributed by atoms with Gasteiger partial charge in [-0.3, -0.25) is 23.8 Å². The molecule has 0 radical (unpaired) electrons. The van der Waals surface area contributed by atoms with Crippen LogP contribution in [0, 0.1) is 0 Å². The molecule has 2 aromatic heterocycles. The van der Waals surface area contributed by atoms with Crippen molar-refractivity contribution in [3.05, 3.63) is 56.9 Å². The summed E-state index contributed by atoms with van der Waals surface area (Å²) in [5.74, 6) is 0.490. The number of rotatable bonds is 6. The van der Waals surface area contributed by atoms with E-state index in [0.29, 0.717) is 34.5 Å². The molecule has 0 atom stereocenters.